The topological polar surface area (TPSA) is 78.9 Å². The Labute approximate surface area is 115 Å². The quantitative estimate of drug-likeness (QED) is 0.764. The van der Waals surface area contributed by atoms with Crippen LogP contribution in [0.3, 0.4) is 0 Å². The lowest BCUT2D eigenvalue weighted by molar-refractivity contribution is 0.0699. The number of fused-ring (bicyclic) bond motifs is 1. The zero-order valence-electron chi connectivity index (χ0n) is 10.9. The molecule has 2 aromatic heterocycles. The SMILES string of the molecule is CCc1nc(-c2ccccc2)nc2[nH]cc(C(=O)O)c12. The number of benzene rings is 1. The van der Waals surface area contributed by atoms with Crippen LogP contribution in [0.25, 0.3) is 22.4 Å². The van der Waals surface area contributed by atoms with E-state index in [2.05, 4.69) is 15.0 Å². The maximum Gasteiger partial charge on any atom is 0.338 e. The average molecular weight is 267 g/mol. The number of nitrogens with zero attached hydrogens (tertiary/aromatic N) is 2. The molecule has 0 saturated heterocycles. The minimum atomic E-state index is -0.970. The van der Waals surface area contributed by atoms with Crippen molar-refractivity contribution in [2.75, 3.05) is 0 Å². The number of carboxylic acid groups (broad SMARTS) is 1. The standard InChI is InChI=1S/C15H13N3O2/c1-2-11-12-10(15(19)20)8-16-14(12)18-13(17-11)9-6-4-3-5-7-9/h3-8H,2H2,1H3,(H,19,20)(H,16,17,18). The molecule has 0 aliphatic rings. The highest BCUT2D eigenvalue weighted by molar-refractivity contribution is 6.03. The third-order valence-corrected chi connectivity index (χ3v) is 3.20. The summed E-state index contributed by atoms with van der Waals surface area (Å²) >= 11 is 0. The molecule has 20 heavy (non-hydrogen) atoms. The lowest BCUT2D eigenvalue weighted by Crippen LogP contribution is -2.00. The number of hydrogen-bond donors (Lipinski definition) is 2. The van der Waals surface area contributed by atoms with Gasteiger partial charge in [0.1, 0.15) is 5.65 Å². The Morgan fingerprint density at radius 1 is 1.25 bits per heavy atom. The first-order valence-electron chi connectivity index (χ1n) is 6.37. The fourth-order valence-corrected chi connectivity index (χ4v) is 2.25. The number of aromatic carboxylic acids is 1. The molecular formula is C15H13N3O2. The highest BCUT2D eigenvalue weighted by Gasteiger charge is 2.17. The van der Waals surface area contributed by atoms with E-state index in [1.165, 1.54) is 6.20 Å². The third-order valence-electron chi connectivity index (χ3n) is 3.20. The molecule has 0 unspecified atom stereocenters. The molecule has 2 heterocycles. The molecule has 0 aliphatic carbocycles. The van der Waals surface area contributed by atoms with Crippen LogP contribution < -0.4 is 0 Å². The third kappa shape index (κ3) is 1.93. The van der Waals surface area contributed by atoms with Gasteiger partial charge in [-0.2, -0.15) is 0 Å². The molecule has 0 aliphatic heterocycles. The number of H-pyrrole nitrogens is 1. The summed E-state index contributed by atoms with van der Waals surface area (Å²) < 4.78 is 0. The van der Waals surface area contributed by atoms with Gasteiger partial charge in [0.05, 0.1) is 16.6 Å². The van der Waals surface area contributed by atoms with E-state index in [0.29, 0.717) is 23.3 Å². The molecule has 1 aromatic carbocycles. The van der Waals surface area contributed by atoms with E-state index in [-0.39, 0.29) is 5.56 Å². The fourth-order valence-electron chi connectivity index (χ4n) is 2.25. The van der Waals surface area contributed by atoms with Crippen molar-refractivity contribution in [2.24, 2.45) is 0 Å². The number of nitrogens with one attached hydrogen (secondary N) is 1. The van der Waals surface area contributed by atoms with Gasteiger partial charge in [0, 0.05) is 11.8 Å². The largest absolute Gasteiger partial charge is 0.478 e. The molecule has 3 rings (SSSR count). The molecule has 5 heteroatoms. The van der Waals surface area contributed by atoms with E-state index >= 15 is 0 Å². The van der Waals surface area contributed by atoms with Gasteiger partial charge in [-0.1, -0.05) is 37.3 Å². The van der Waals surface area contributed by atoms with Crippen LogP contribution in [0.15, 0.2) is 36.5 Å². The van der Waals surface area contributed by atoms with Crippen molar-refractivity contribution in [2.45, 2.75) is 13.3 Å². The second-order valence-electron chi connectivity index (χ2n) is 4.44. The maximum atomic E-state index is 11.2. The maximum absolute atomic E-state index is 11.2. The molecule has 0 fully saturated rings. The monoisotopic (exact) mass is 267 g/mol. The van der Waals surface area contributed by atoms with E-state index in [4.69, 9.17) is 0 Å². The van der Waals surface area contributed by atoms with Crippen LogP contribution in [-0.2, 0) is 6.42 Å². The smallest absolute Gasteiger partial charge is 0.338 e. The number of aryl methyl sites for hydroxylation is 1. The van der Waals surface area contributed by atoms with Crippen molar-refractivity contribution in [3.05, 3.63) is 47.8 Å². The average Bonchev–Trinajstić information content (AvgIpc) is 2.91. The van der Waals surface area contributed by atoms with Crippen molar-refractivity contribution < 1.29 is 9.90 Å². The van der Waals surface area contributed by atoms with Gasteiger partial charge in [0.2, 0.25) is 0 Å². The Morgan fingerprint density at radius 2 is 2.00 bits per heavy atom. The second-order valence-corrected chi connectivity index (χ2v) is 4.44. The molecule has 3 aromatic rings. The van der Waals surface area contributed by atoms with E-state index in [9.17, 15) is 9.90 Å². The molecule has 5 nitrogen and oxygen atoms in total. The van der Waals surface area contributed by atoms with Gasteiger partial charge in [-0.15, -0.1) is 0 Å². The molecule has 100 valence electrons. The van der Waals surface area contributed by atoms with E-state index in [0.717, 1.165) is 11.3 Å². The minimum Gasteiger partial charge on any atom is -0.478 e. The first-order chi connectivity index (χ1) is 9.70. The summed E-state index contributed by atoms with van der Waals surface area (Å²) in [6, 6.07) is 9.64. The van der Waals surface area contributed by atoms with Crippen molar-refractivity contribution >= 4 is 17.0 Å². The van der Waals surface area contributed by atoms with Crippen molar-refractivity contribution in [3.63, 3.8) is 0 Å². The van der Waals surface area contributed by atoms with Crippen molar-refractivity contribution in [1.82, 2.24) is 15.0 Å². The van der Waals surface area contributed by atoms with Crippen LogP contribution in [0.1, 0.15) is 23.0 Å². The van der Waals surface area contributed by atoms with Crippen LogP contribution in [0, 0.1) is 0 Å². The normalized spacial score (nSPS) is 10.8. The summed E-state index contributed by atoms with van der Waals surface area (Å²) in [5.74, 6) is -0.365. The molecule has 0 amide bonds. The zero-order valence-corrected chi connectivity index (χ0v) is 10.9. The predicted octanol–water partition coefficient (Wildman–Crippen LogP) is 2.89. The second kappa shape index (κ2) is 4.77. The first kappa shape index (κ1) is 12.3. The molecule has 0 spiro atoms. The van der Waals surface area contributed by atoms with Gasteiger partial charge in [-0.25, -0.2) is 14.8 Å². The summed E-state index contributed by atoms with van der Waals surface area (Å²) in [4.78, 5) is 23.1. The summed E-state index contributed by atoms with van der Waals surface area (Å²) in [7, 11) is 0. The summed E-state index contributed by atoms with van der Waals surface area (Å²) in [6.45, 7) is 1.95. The Hall–Kier alpha value is -2.69. The predicted molar refractivity (Wildman–Crippen MR) is 75.7 cm³/mol. The number of carbonyl (C=O) groups is 1. The highest BCUT2D eigenvalue weighted by atomic mass is 16.4. The molecule has 0 radical (unpaired) electrons. The van der Waals surface area contributed by atoms with Crippen LogP contribution in [0.4, 0.5) is 0 Å². The zero-order chi connectivity index (χ0) is 14.1. The first-order valence-corrected chi connectivity index (χ1v) is 6.37. The van der Waals surface area contributed by atoms with Crippen LogP contribution in [-0.4, -0.2) is 26.0 Å². The number of carboxylic acids is 1. The van der Waals surface area contributed by atoms with Gasteiger partial charge >= 0.3 is 5.97 Å². The van der Waals surface area contributed by atoms with Gasteiger partial charge in [0.15, 0.2) is 5.82 Å². The van der Waals surface area contributed by atoms with Crippen molar-refractivity contribution in [3.8, 4) is 11.4 Å². The Morgan fingerprint density at radius 3 is 2.65 bits per heavy atom. The minimum absolute atomic E-state index is 0.219. The highest BCUT2D eigenvalue weighted by Crippen LogP contribution is 2.24. The molecular weight excluding hydrogens is 254 g/mol. The number of rotatable bonds is 3. The van der Waals surface area contributed by atoms with Gasteiger partial charge in [-0.05, 0) is 6.42 Å². The number of aromatic nitrogens is 3. The van der Waals surface area contributed by atoms with E-state index in [1.807, 2.05) is 37.3 Å². The number of hydrogen-bond acceptors (Lipinski definition) is 3. The van der Waals surface area contributed by atoms with Gasteiger partial charge in [-0.3, -0.25) is 0 Å². The summed E-state index contributed by atoms with van der Waals surface area (Å²) in [5, 5.41) is 9.80. The van der Waals surface area contributed by atoms with Gasteiger partial charge in [0.25, 0.3) is 0 Å². The molecule has 0 bridgehead atoms. The lowest BCUT2D eigenvalue weighted by Gasteiger charge is -2.05. The molecule has 0 atom stereocenters. The van der Waals surface area contributed by atoms with Crippen LogP contribution in [0.5, 0.6) is 0 Å². The van der Waals surface area contributed by atoms with Crippen LogP contribution >= 0.6 is 0 Å². The molecule has 0 saturated carbocycles. The Bertz CT molecular complexity index is 778. The van der Waals surface area contributed by atoms with Crippen LogP contribution in [0.2, 0.25) is 0 Å². The summed E-state index contributed by atoms with van der Waals surface area (Å²) in [5.41, 5.74) is 2.44. The van der Waals surface area contributed by atoms with Gasteiger partial charge < -0.3 is 10.1 Å². The van der Waals surface area contributed by atoms with Crippen molar-refractivity contribution in [1.29, 1.82) is 0 Å². The summed E-state index contributed by atoms with van der Waals surface area (Å²) in [6.07, 6.45) is 2.12. The Kier molecular flexibility index (Phi) is 2.95. The molecule has 2 N–H and O–H groups in total. The van der Waals surface area contributed by atoms with E-state index in [1.54, 1.807) is 0 Å². The Balaban J connectivity index is 2.27. The van der Waals surface area contributed by atoms with E-state index < -0.39 is 5.97 Å². The lowest BCUT2D eigenvalue weighted by atomic mass is 10.1. The number of aromatic amines is 1. The fraction of sp³-hybridized carbons (Fsp3) is 0.133.